The Labute approximate surface area is 142 Å². The molecule has 6 heteroatoms. The third-order valence-electron chi connectivity index (χ3n) is 3.69. The zero-order chi connectivity index (χ0) is 16.2. The van der Waals surface area contributed by atoms with E-state index in [1.165, 1.54) is 0 Å². The zero-order valence-electron chi connectivity index (χ0n) is 12.1. The molecule has 0 N–H and O–H groups in total. The Kier molecular flexibility index (Phi) is 4.46. The maximum Gasteiger partial charge on any atom is 0.239 e. The average Bonchev–Trinajstić information content (AvgIpc) is 2.58. The van der Waals surface area contributed by atoms with Gasteiger partial charge in [0.1, 0.15) is 6.04 Å². The van der Waals surface area contributed by atoms with Gasteiger partial charge >= 0.3 is 0 Å². The Bertz CT molecular complexity index is 799. The summed E-state index contributed by atoms with van der Waals surface area (Å²) in [5, 5.41) is 3.63. The van der Waals surface area contributed by atoms with Crippen molar-refractivity contribution in [1.82, 2.24) is 0 Å². The normalized spacial score (nSPS) is 20.2. The van der Waals surface area contributed by atoms with Gasteiger partial charge in [-0.1, -0.05) is 59.7 Å². The van der Waals surface area contributed by atoms with Gasteiger partial charge in [0.05, 0.1) is 11.7 Å². The molecule has 114 valence electrons. The lowest BCUT2D eigenvalue weighted by molar-refractivity contribution is -0.125. The third-order valence-corrected chi connectivity index (χ3v) is 4.36. The molecule has 1 amide bonds. The number of halogens is 1. The van der Waals surface area contributed by atoms with Crippen LogP contribution < -0.4 is 4.90 Å². The summed E-state index contributed by atoms with van der Waals surface area (Å²) < 4.78 is 0.825. The molecule has 1 saturated heterocycles. The molecule has 1 aliphatic rings. The number of benzene rings is 2. The fraction of sp³-hybridized carbons (Fsp3) is 0.118. The zero-order valence-corrected chi connectivity index (χ0v) is 13.7. The molecular formula is C17H13BrN4O. The van der Waals surface area contributed by atoms with E-state index >= 15 is 0 Å². The highest BCUT2D eigenvalue weighted by Gasteiger charge is 2.46. The van der Waals surface area contributed by atoms with Gasteiger partial charge < -0.3 is 4.90 Å². The van der Waals surface area contributed by atoms with Gasteiger partial charge in [-0.3, -0.25) is 4.79 Å². The Balaban J connectivity index is 1.92. The van der Waals surface area contributed by atoms with Gasteiger partial charge in [-0.2, -0.15) is 0 Å². The number of anilines is 1. The lowest BCUT2D eigenvalue weighted by Crippen LogP contribution is -2.63. The van der Waals surface area contributed by atoms with Gasteiger partial charge in [-0.15, -0.1) is 0 Å². The SMILES string of the molecule is [N-]=[N+]=N[C@@H]1C(=O)N(c2ccccc2Br)[C@@H]1/C=C/c1ccccc1. The second-order valence-electron chi connectivity index (χ2n) is 5.07. The second kappa shape index (κ2) is 6.69. The van der Waals surface area contributed by atoms with Gasteiger partial charge in [0.15, 0.2) is 0 Å². The highest BCUT2D eigenvalue weighted by molar-refractivity contribution is 9.10. The molecule has 0 saturated carbocycles. The van der Waals surface area contributed by atoms with Crippen molar-refractivity contribution < 1.29 is 4.79 Å². The summed E-state index contributed by atoms with van der Waals surface area (Å²) in [5.41, 5.74) is 10.5. The standard InChI is InChI=1S/C17H13BrN4O/c18-13-8-4-5-9-14(13)22-15(16(17(22)23)20-21-19)11-10-12-6-2-1-3-7-12/h1-11,15-16H/b11-10+/t15-,16+/m1/s1. The topological polar surface area (TPSA) is 69.1 Å². The first-order valence-corrected chi connectivity index (χ1v) is 7.87. The van der Waals surface area contributed by atoms with Crippen molar-refractivity contribution in [3.05, 3.63) is 81.2 Å². The van der Waals surface area contributed by atoms with Crippen LogP contribution in [0.15, 0.2) is 70.3 Å². The molecule has 0 bridgehead atoms. The number of nitrogens with zero attached hydrogens (tertiary/aromatic N) is 4. The number of hydrogen-bond acceptors (Lipinski definition) is 2. The van der Waals surface area contributed by atoms with Crippen molar-refractivity contribution in [3.63, 3.8) is 0 Å². The van der Waals surface area contributed by atoms with Crippen LogP contribution in [0.3, 0.4) is 0 Å². The summed E-state index contributed by atoms with van der Waals surface area (Å²) in [7, 11) is 0. The predicted molar refractivity (Wildman–Crippen MR) is 93.8 cm³/mol. The van der Waals surface area contributed by atoms with Gasteiger partial charge in [-0.25, -0.2) is 0 Å². The number of amides is 1. The maximum atomic E-state index is 12.3. The van der Waals surface area contributed by atoms with Crippen molar-refractivity contribution in [2.45, 2.75) is 12.1 Å². The van der Waals surface area contributed by atoms with Crippen molar-refractivity contribution in [1.29, 1.82) is 0 Å². The van der Waals surface area contributed by atoms with Crippen LogP contribution >= 0.6 is 15.9 Å². The van der Waals surface area contributed by atoms with Gasteiger partial charge in [0.2, 0.25) is 5.91 Å². The monoisotopic (exact) mass is 368 g/mol. The summed E-state index contributed by atoms with van der Waals surface area (Å²) in [6.45, 7) is 0. The van der Waals surface area contributed by atoms with Crippen LogP contribution in [0, 0.1) is 0 Å². The van der Waals surface area contributed by atoms with E-state index in [-0.39, 0.29) is 11.9 Å². The minimum absolute atomic E-state index is 0.197. The highest BCUT2D eigenvalue weighted by atomic mass is 79.9. The van der Waals surface area contributed by atoms with Crippen LogP contribution in [0.25, 0.3) is 16.5 Å². The number of para-hydroxylation sites is 1. The third kappa shape index (κ3) is 2.99. The molecule has 23 heavy (non-hydrogen) atoms. The van der Waals surface area contributed by atoms with E-state index in [1.807, 2.05) is 66.7 Å². The summed E-state index contributed by atoms with van der Waals surface area (Å²) in [4.78, 5) is 16.8. The number of azide groups is 1. The Morgan fingerprint density at radius 3 is 2.52 bits per heavy atom. The van der Waals surface area contributed by atoms with Crippen LogP contribution in [0.1, 0.15) is 5.56 Å². The van der Waals surface area contributed by atoms with Crippen LogP contribution in [0.4, 0.5) is 5.69 Å². The van der Waals surface area contributed by atoms with Gasteiger partial charge in [0.25, 0.3) is 0 Å². The number of β-lactam (4-membered cyclic amide) rings is 1. The minimum Gasteiger partial charge on any atom is -0.303 e. The first kappa shape index (κ1) is 15.3. The predicted octanol–water partition coefficient (Wildman–Crippen LogP) is 4.56. The lowest BCUT2D eigenvalue weighted by Gasteiger charge is -2.44. The molecule has 3 rings (SSSR count). The molecule has 5 nitrogen and oxygen atoms in total. The maximum absolute atomic E-state index is 12.3. The first-order valence-electron chi connectivity index (χ1n) is 7.07. The molecule has 1 fully saturated rings. The lowest BCUT2D eigenvalue weighted by atomic mass is 9.93. The molecular weight excluding hydrogens is 356 g/mol. The molecule has 0 unspecified atom stereocenters. The smallest absolute Gasteiger partial charge is 0.239 e. The molecule has 1 aliphatic heterocycles. The molecule has 0 aromatic heterocycles. The van der Waals surface area contributed by atoms with Crippen molar-refractivity contribution in [2.75, 3.05) is 4.90 Å². The van der Waals surface area contributed by atoms with Crippen LogP contribution in [0.2, 0.25) is 0 Å². The highest BCUT2D eigenvalue weighted by Crippen LogP contribution is 2.36. The van der Waals surface area contributed by atoms with Crippen LogP contribution in [0.5, 0.6) is 0 Å². The molecule has 2 atom stereocenters. The largest absolute Gasteiger partial charge is 0.303 e. The second-order valence-corrected chi connectivity index (χ2v) is 5.92. The number of hydrogen-bond donors (Lipinski definition) is 0. The van der Waals surface area contributed by atoms with Crippen LogP contribution in [-0.2, 0) is 4.79 Å². The number of rotatable bonds is 4. The average molecular weight is 369 g/mol. The molecule has 2 aromatic rings. The van der Waals surface area contributed by atoms with E-state index in [1.54, 1.807) is 4.90 Å². The fourth-order valence-corrected chi connectivity index (χ4v) is 3.04. The summed E-state index contributed by atoms with van der Waals surface area (Å²) in [6, 6.07) is 16.3. The Morgan fingerprint density at radius 2 is 1.83 bits per heavy atom. The number of carbonyl (C=O) groups is 1. The summed E-state index contributed by atoms with van der Waals surface area (Å²) in [6.07, 6.45) is 3.83. The quantitative estimate of drug-likeness (QED) is 0.337. The molecule has 0 spiro atoms. The molecule has 0 aliphatic carbocycles. The molecule has 0 radical (unpaired) electrons. The first-order chi connectivity index (χ1) is 11.2. The summed E-state index contributed by atoms with van der Waals surface area (Å²) >= 11 is 3.46. The van der Waals surface area contributed by atoms with Crippen LogP contribution in [-0.4, -0.2) is 18.0 Å². The summed E-state index contributed by atoms with van der Waals surface area (Å²) in [5.74, 6) is -0.197. The molecule has 1 heterocycles. The number of carbonyl (C=O) groups excluding carboxylic acids is 1. The van der Waals surface area contributed by atoms with E-state index < -0.39 is 6.04 Å². The van der Waals surface area contributed by atoms with E-state index in [9.17, 15) is 4.79 Å². The Hall–Kier alpha value is -2.56. The molecule has 2 aromatic carbocycles. The van der Waals surface area contributed by atoms with Crippen molar-refractivity contribution in [2.24, 2.45) is 5.11 Å². The van der Waals surface area contributed by atoms with Crippen molar-refractivity contribution in [3.8, 4) is 0 Å². The fourth-order valence-electron chi connectivity index (χ4n) is 2.56. The van der Waals surface area contributed by atoms with Crippen molar-refractivity contribution >= 4 is 33.6 Å². The van der Waals surface area contributed by atoms with E-state index in [4.69, 9.17) is 5.53 Å². The van der Waals surface area contributed by atoms with E-state index in [0.29, 0.717) is 0 Å². The van der Waals surface area contributed by atoms with Gasteiger partial charge in [-0.05, 0) is 39.2 Å². The van der Waals surface area contributed by atoms with E-state index in [2.05, 4.69) is 26.0 Å². The van der Waals surface area contributed by atoms with Gasteiger partial charge in [0, 0.05) is 9.38 Å². The minimum atomic E-state index is -0.702. The van der Waals surface area contributed by atoms with E-state index in [0.717, 1.165) is 15.7 Å². The Morgan fingerprint density at radius 1 is 1.13 bits per heavy atom.